The highest BCUT2D eigenvalue weighted by Gasteiger charge is 2.39. The molecule has 3 rings (SSSR count). The Morgan fingerprint density at radius 2 is 2.06 bits per heavy atom. The summed E-state index contributed by atoms with van der Waals surface area (Å²) < 4.78 is 19.1. The van der Waals surface area contributed by atoms with E-state index in [9.17, 15) is 4.39 Å². The molecule has 0 amide bonds. The van der Waals surface area contributed by atoms with Crippen LogP contribution in [0.25, 0.3) is 0 Å². The molecule has 2 nitrogen and oxygen atoms in total. The maximum absolute atomic E-state index is 13.1. The van der Waals surface area contributed by atoms with Crippen LogP contribution in [0.1, 0.15) is 25.7 Å². The predicted molar refractivity (Wildman–Crippen MR) is 61.7 cm³/mol. The molecule has 1 aromatic carbocycles. The SMILES string of the molecule is Fc1cc(Cl)c2c(c1)NCC1(CCCC1)O2. The van der Waals surface area contributed by atoms with Crippen LogP contribution in [0.2, 0.25) is 5.02 Å². The lowest BCUT2D eigenvalue weighted by Crippen LogP contribution is -2.43. The third-order valence-corrected chi connectivity index (χ3v) is 3.72. The van der Waals surface area contributed by atoms with Gasteiger partial charge in [0.25, 0.3) is 0 Å². The molecule has 1 fully saturated rings. The number of fused-ring (bicyclic) bond motifs is 1. The first-order valence-corrected chi connectivity index (χ1v) is 5.98. The number of anilines is 1. The molecule has 1 spiro atoms. The van der Waals surface area contributed by atoms with E-state index in [4.69, 9.17) is 16.3 Å². The maximum atomic E-state index is 13.1. The second-order valence-corrected chi connectivity index (χ2v) is 5.02. The van der Waals surface area contributed by atoms with Crippen LogP contribution in [0, 0.1) is 5.82 Å². The van der Waals surface area contributed by atoms with Crippen molar-refractivity contribution in [3.63, 3.8) is 0 Å². The molecule has 0 radical (unpaired) electrons. The van der Waals surface area contributed by atoms with Gasteiger partial charge in [-0.1, -0.05) is 11.6 Å². The van der Waals surface area contributed by atoms with Crippen molar-refractivity contribution in [2.45, 2.75) is 31.3 Å². The fourth-order valence-electron chi connectivity index (χ4n) is 2.60. The van der Waals surface area contributed by atoms with Gasteiger partial charge in [0.2, 0.25) is 0 Å². The van der Waals surface area contributed by atoms with Gasteiger partial charge < -0.3 is 10.1 Å². The highest BCUT2D eigenvalue weighted by molar-refractivity contribution is 6.32. The van der Waals surface area contributed by atoms with Crippen LogP contribution >= 0.6 is 11.6 Å². The Kier molecular flexibility index (Phi) is 2.25. The Morgan fingerprint density at radius 3 is 2.81 bits per heavy atom. The van der Waals surface area contributed by atoms with E-state index in [1.54, 1.807) is 0 Å². The summed E-state index contributed by atoms with van der Waals surface area (Å²) in [6.45, 7) is 0.750. The number of ether oxygens (including phenoxy) is 1. The fraction of sp³-hybridized carbons (Fsp3) is 0.500. The Morgan fingerprint density at radius 1 is 1.31 bits per heavy atom. The van der Waals surface area contributed by atoms with E-state index < -0.39 is 0 Å². The molecule has 16 heavy (non-hydrogen) atoms. The largest absolute Gasteiger partial charge is 0.482 e. The average molecular weight is 242 g/mol. The lowest BCUT2D eigenvalue weighted by Gasteiger charge is -2.36. The van der Waals surface area contributed by atoms with Gasteiger partial charge in [0.1, 0.15) is 11.4 Å². The second kappa shape index (κ2) is 3.52. The summed E-state index contributed by atoms with van der Waals surface area (Å²) in [6, 6.07) is 2.74. The van der Waals surface area contributed by atoms with Gasteiger partial charge in [-0.25, -0.2) is 4.39 Å². The third kappa shape index (κ3) is 1.54. The van der Waals surface area contributed by atoms with E-state index in [1.807, 2.05) is 0 Å². The summed E-state index contributed by atoms with van der Waals surface area (Å²) in [6.07, 6.45) is 4.48. The summed E-state index contributed by atoms with van der Waals surface area (Å²) in [4.78, 5) is 0. The smallest absolute Gasteiger partial charge is 0.162 e. The minimum absolute atomic E-state index is 0.117. The molecule has 1 aliphatic heterocycles. The molecular formula is C12H13ClFNO. The summed E-state index contributed by atoms with van der Waals surface area (Å²) in [5.41, 5.74) is 0.552. The van der Waals surface area contributed by atoms with Gasteiger partial charge in [0.15, 0.2) is 5.75 Å². The van der Waals surface area contributed by atoms with Crippen molar-refractivity contribution >= 4 is 17.3 Å². The molecule has 1 saturated carbocycles. The van der Waals surface area contributed by atoms with Crippen molar-refractivity contribution in [3.05, 3.63) is 23.0 Å². The van der Waals surface area contributed by atoms with Gasteiger partial charge in [0, 0.05) is 6.07 Å². The summed E-state index contributed by atoms with van der Waals surface area (Å²) >= 11 is 6.00. The molecule has 0 saturated heterocycles. The molecule has 1 aromatic rings. The van der Waals surface area contributed by atoms with Gasteiger partial charge in [-0.3, -0.25) is 0 Å². The zero-order valence-electron chi connectivity index (χ0n) is 8.85. The number of halogens is 2. The standard InChI is InChI=1S/C12H13ClFNO/c13-9-5-8(14)6-10-11(9)16-12(7-15-10)3-1-2-4-12/h5-6,15H,1-4,7H2. The van der Waals surface area contributed by atoms with Crippen LogP contribution in [0.15, 0.2) is 12.1 Å². The maximum Gasteiger partial charge on any atom is 0.162 e. The van der Waals surface area contributed by atoms with Crippen molar-refractivity contribution < 1.29 is 9.13 Å². The van der Waals surface area contributed by atoms with Gasteiger partial charge in [-0.2, -0.15) is 0 Å². The van der Waals surface area contributed by atoms with Crippen LogP contribution in [0.3, 0.4) is 0 Å². The van der Waals surface area contributed by atoms with Gasteiger partial charge >= 0.3 is 0 Å². The van der Waals surface area contributed by atoms with Crippen LogP contribution in [-0.4, -0.2) is 12.1 Å². The van der Waals surface area contributed by atoms with Crippen molar-refractivity contribution in [1.82, 2.24) is 0 Å². The van der Waals surface area contributed by atoms with E-state index in [2.05, 4.69) is 5.32 Å². The molecule has 1 heterocycles. The van der Waals surface area contributed by atoms with Crippen molar-refractivity contribution in [2.75, 3.05) is 11.9 Å². The van der Waals surface area contributed by atoms with E-state index in [-0.39, 0.29) is 11.4 Å². The fourth-order valence-corrected chi connectivity index (χ4v) is 2.85. The minimum atomic E-state index is -0.331. The summed E-state index contributed by atoms with van der Waals surface area (Å²) in [5, 5.41) is 3.58. The van der Waals surface area contributed by atoms with Crippen molar-refractivity contribution in [2.24, 2.45) is 0 Å². The molecule has 86 valence electrons. The molecule has 1 aliphatic carbocycles. The average Bonchev–Trinajstić information content (AvgIpc) is 2.68. The van der Waals surface area contributed by atoms with E-state index >= 15 is 0 Å². The summed E-state index contributed by atoms with van der Waals surface area (Å²) in [5.74, 6) is 0.276. The topological polar surface area (TPSA) is 21.3 Å². The molecular weight excluding hydrogens is 229 g/mol. The predicted octanol–water partition coefficient (Wildman–Crippen LogP) is 3.60. The lowest BCUT2D eigenvalue weighted by atomic mass is 10.00. The Labute approximate surface area is 98.7 Å². The second-order valence-electron chi connectivity index (χ2n) is 4.61. The molecule has 0 bridgehead atoms. The van der Waals surface area contributed by atoms with Crippen LogP contribution in [0.4, 0.5) is 10.1 Å². The number of nitrogens with one attached hydrogen (secondary N) is 1. The Hall–Kier alpha value is -0.960. The lowest BCUT2D eigenvalue weighted by molar-refractivity contribution is 0.0830. The van der Waals surface area contributed by atoms with E-state index in [0.717, 1.165) is 19.4 Å². The van der Waals surface area contributed by atoms with Gasteiger partial charge in [-0.05, 0) is 31.7 Å². The number of rotatable bonds is 0. The van der Waals surface area contributed by atoms with Crippen molar-refractivity contribution in [1.29, 1.82) is 0 Å². The first-order chi connectivity index (χ1) is 7.69. The molecule has 0 atom stereocenters. The number of hydrogen-bond acceptors (Lipinski definition) is 2. The zero-order chi connectivity index (χ0) is 11.2. The quantitative estimate of drug-likeness (QED) is 0.750. The molecule has 2 aliphatic rings. The van der Waals surface area contributed by atoms with Crippen LogP contribution in [-0.2, 0) is 0 Å². The first kappa shape index (κ1) is 10.2. The molecule has 4 heteroatoms. The van der Waals surface area contributed by atoms with Gasteiger partial charge in [-0.15, -0.1) is 0 Å². The Balaban J connectivity index is 1.99. The normalized spacial score (nSPS) is 21.4. The molecule has 0 aromatic heterocycles. The highest BCUT2D eigenvalue weighted by Crippen LogP contribution is 2.44. The van der Waals surface area contributed by atoms with E-state index in [0.29, 0.717) is 16.5 Å². The van der Waals surface area contributed by atoms with Crippen molar-refractivity contribution in [3.8, 4) is 5.75 Å². The Bertz CT molecular complexity index is 429. The molecule has 1 N–H and O–H groups in total. The third-order valence-electron chi connectivity index (χ3n) is 3.44. The van der Waals surface area contributed by atoms with E-state index in [1.165, 1.54) is 25.0 Å². The minimum Gasteiger partial charge on any atom is -0.482 e. The zero-order valence-corrected chi connectivity index (χ0v) is 9.61. The highest BCUT2D eigenvalue weighted by atomic mass is 35.5. The molecule has 0 unspecified atom stereocenters. The monoisotopic (exact) mass is 241 g/mol. The van der Waals surface area contributed by atoms with Crippen LogP contribution < -0.4 is 10.1 Å². The van der Waals surface area contributed by atoms with Crippen LogP contribution in [0.5, 0.6) is 5.75 Å². The summed E-state index contributed by atoms with van der Waals surface area (Å²) in [7, 11) is 0. The number of benzene rings is 1. The number of hydrogen-bond donors (Lipinski definition) is 1. The first-order valence-electron chi connectivity index (χ1n) is 5.61. The van der Waals surface area contributed by atoms with Gasteiger partial charge in [0.05, 0.1) is 17.3 Å².